The third-order valence-electron chi connectivity index (χ3n) is 3.71. The van der Waals surface area contributed by atoms with Crippen LogP contribution in [0.4, 0.5) is 0 Å². The highest BCUT2D eigenvalue weighted by Gasteiger charge is 2.61. The van der Waals surface area contributed by atoms with Gasteiger partial charge in [-0.15, -0.1) is 0 Å². The molecule has 1 saturated heterocycles. The Morgan fingerprint density at radius 2 is 2.11 bits per heavy atom. The van der Waals surface area contributed by atoms with E-state index in [1.165, 1.54) is 20.0 Å². The topological polar surface area (TPSA) is 125 Å². The number of ether oxygens (including phenoxy) is 1. The molecule has 8 nitrogen and oxygen atoms in total. The Balaban J connectivity index is 2.59. The van der Waals surface area contributed by atoms with Crippen molar-refractivity contribution in [2.75, 3.05) is 6.61 Å². The predicted molar refractivity (Wildman–Crippen MR) is 63.6 cm³/mol. The summed E-state index contributed by atoms with van der Waals surface area (Å²) in [6.45, 7) is 2.18. The Morgan fingerprint density at radius 1 is 1.47 bits per heavy atom. The average molecular weight is 272 g/mol. The largest absolute Gasteiger partial charge is 0.394 e. The van der Waals surface area contributed by atoms with Crippen LogP contribution in [0.15, 0.2) is 21.9 Å². The normalized spacial score (nSPS) is 38.6. The zero-order valence-corrected chi connectivity index (χ0v) is 10.5. The maximum Gasteiger partial charge on any atom is 0.330 e. The lowest BCUT2D eigenvalue weighted by molar-refractivity contribution is -0.178. The van der Waals surface area contributed by atoms with E-state index in [1.54, 1.807) is 0 Å². The maximum absolute atomic E-state index is 11.8. The number of rotatable bonds is 2. The quantitative estimate of drug-likeness (QED) is 0.480. The summed E-state index contributed by atoms with van der Waals surface area (Å²) >= 11 is 0. The molecule has 8 heteroatoms. The Labute approximate surface area is 107 Å². The molecule has 0 saturated carbocycles. The van der Waals surface area contributed by atoms with Gasteiger partial charge in [-0.1, -0.05) is 0 Å². The van der Waals surface area contributed by atoms with Gasteiger partial charge in [0.25, 0.3) is 5.56 Å². The van der Waals surface area contributed by atoms with Gasteiger partial charge in [0.1, 0.15) is 17.8 Å². The van der Waals surface area contributed by atoms with Gasteiger partial charge in [0.05, 0.1) is 6.61 Å². The van der Waals surface area contributed by atoms with E-state index < -0.39 is 41.4 Å². The molecule has 2 heterocycles. The zero-order chi connectivity index (χ0) is 14.4. The molecule has 1 aromatic rings. The molecule has 1 aromatic heterocycles. The van der Waals surface area contributed by atoms with Crippen molar-refractivity contribution in [3.05, 3.63) is 33.1 Å². The molecule has 0 aromatic carbocycles. The third-order valence-corrected chi connectivity index (χ3v) is 3.71. The highest BCUT2D eigenvalue weighted by Crippen LogP contribution is 2.42. The summed E-state index contributed by atoms with van der Waals surface area (Å²) in [4.78, 5) is 24.9. The van der Waals surface area contributed by atoms with Gasteiger partial charge in [0, 0.05) is 12.3 Å². The van der Waals surface area contributed by atoms with Crippen molar-refractivity contribution in [2.45, 2.75) is 37.4 Å². The molecule has 4 unspecified atom stereocenters. The minimum absolute atomic E-state index is 0.509. The molecule has 106 valence electrons. The number of H-pyrrole nitrogens is 1. The van der Waals surface area contributed by atoms with Gasteiger partial charge in [0.2, 0.25) is 0 Å². The van der Waals surface area contributed by atoms with E-state index in [4.69, 9.17) is 9.84 Å². The van der Waals surface area contributed by atoms with Gasteiger partial charge in [0.15, 0.2) is 5.72 Å². The number of aliphatic hydroxyl groups excluding tert-OH is 2. The van der Waals surface area contributed by atoms with E-state index in [-0.39, 0.29) is 0 Å². The monoisotopic (exact) mass is 272 g/mol. The average Bonchev–Trinajstić information content (AvgIpc) is 2.50. The van der Waals surface area contributed by atoms with Gasteiger partial charge in [-0.3, -0.25) is 14.3 Å². The molecule has 0 bridgehead atoms. The van der Waals surface area contributed by atoms with Crippen molar-refractivity contribution in [3.8, 4) is 0 Å². The van der Waals surface area contributed by atoms with Crippen LogP contribution >= 0.6 is 0 Å². The second-order valence-corrected chi connectivity index (χ2v) is 4.89. The summed E-state index contributed by atoms with van der Waals surface area (Å²) in [5.41, 5.74) is -4.79. The van der Waals surface area contributed by atoms with Crippen LogP contribution < -0.4 is 11.2 Å². The van der Waals surface area contributed by atoms with Gasteiger partial charge in [-0.05, 0) is 13.8 Å². The second kappa shape index (κ2) is 4.27. The molecule has 4 atom stereocenters. The predicted octanol–water partition coefficient (Wildman–Crippen LogP) is -2.29. The van der Waals surface area contributed by atoms with Crippen LogP contribution in [-0.4, -0.2) is 49.3 Å². The zero-order valence-electron chi connectivity index (χ0n) is 10.5. The Kier molecular flexibility index (Phi) is 3.13. The van der Waals surface area contributed by atoms with Gasteiger partial charge < -0.3 is 20.1 Å². The van der Waals surface area contributed by atoms with Gasteiger partial charge in [-0.25, -0.2) is 4.79 Å². The molecule has 0 radical (unpaired) electrons. The number of nitrogens with zero attached hydrogens (tertiary/aromatic N) is 1. The molecule has 0 spiro atoms. The van der Waals surface area contributed by atoms with Crippen LogP contribution in [-0.2, 0) is 10.5 Å². The molecule has 4 N–H and O–H groups in total. The first-order chi connectivity index (χ1) is 8.74. The highest BCUT2D eigenvalue weighted by atomic mass is 16.6. The summed E-state index contributed by atoms with van der Waals surface area (Å²) in [6.07, 6.45) is -1.23. The maximum atomic E-state index is 11.8. The van der Waals surface area contributed by atoms with E-state index >= 15 is 0 Å². The summed E-state index contributed by atoms with van der Waals surface area (Å²) < 4.78 is 6.40. The fourth-order valence-electron chi connectivity index (χ4n) is 2.31. The van der Waals surface area contributed by atoms with Crippen molar-refractivity contribution in [1.82, 2.24) is 9.55 Å². The minimum Gasteiger partial charge on any atom is -0.394 e. The second-order valence-electron chi connectivity index (χ2n) is 4.89. The number of hydrogen-bond acceptors (Lipinski definition) is 6. The molecule has 1 fully saturated rings. The molecule has 0 amide bonds. The summed E-state index contributed by atoms with van der Waals surface area (Å²) in [6, 6.07) is 1.10. The lowest BCUT2D eigenvalue weighted by atomic mass is 9.88. The lowest BCUT2D eigenvalue weighted by Gasteiger charge is -2.37. The summed E-state index contributed by atoms with van der Waals surface area (Å²) in [5.74, 6) is 0. The first-order valence-corrected chi connectivity index (χ1v) is 5.75. The molecular weight excluding hydrogens is 256 g/mol. The Bertz CT molecular complexity index is 591. The van der Waals surface area contributed by atoms with E-state index in [1.807, 2.05) is 4.98 Å². The number of aliphatic hydroxyl groups is 3. The third kappa shape index (κ3) is 1.84. The van der Waals surface area contributed by atoms with Crippen molar-refractivity contribution in [1.29, 1.82) is 0 Å². The lowest BCUT2D eigenvalue weighted by Crippen LogP contribution is -2.57. The van der Waals surface area contributed by atoms with Crippen LogP contribution in [0.5, 0.6) is 0 Å². The molecule has 1 aliphatic rings. The van der Waals surface area contributed by atoms with Crippen molar-refractivity contribution in [2.24, 2.45) is 0 Å². The van der Waals surface area contributed by atoms with Crippen LogP contribution in [0.3, 0.4) is 0 Å². The SMILES string of the molecule is CC1(O)C(O)C(CO)OC1(C)n1ccc(=O)[nH]c1=O. The van der Waals surface area contributed by atoms with Gasteiger partial charge in [-0.2, -0.15) is 0 Å². The van der Waals surface area contributed by atoms with Crippen LogP contribution in [0.2, 0.25) is 0 Å². The first-order valence-electron chi connectivity index (χ1n) is 5.75. The van der Waals surface area contributed by atoms with Crippen LogP contribution in [0, 0.1) is 0 Å². The first kappa shape index (κ1) is 13.9. The Morgan fingerprint density at radius 3 is 2.58 bits per heavy atom. The number of hydrogen-bond donors (Lipinski definition) is 4. The number of aromatic amines is 1. The molecule has 0 aliphatic carbocycles. The summed E-state index contributed by atoms with van der Waals surface area (Å²) in [7, 11) is 0. The minimum atomic E-state index is -1.82. The standard InChI is InChI=1S/C11H16N2O6/c1-10(18)8(16)6(5-14)19-11(10,2)13-4-3-7(15)12-9(13)17/h3-4,6,8,14,16,18H,5H2,1-2H3,(H,12,15,17). The van der Waals surface area contributed by atoms with Crippen molar-refractivity contribution >= 4 is 0 Å². The van der Waals surface area contributed by atoms with Gasteiger partial charge >= 0.3 is 5.69 Å². The van der Waals surface area contributed by atoms with Crippen molar-refractivity contribution < 1.29 is 20.1 Å². The number of aromatic nitrogens is 2. The Hall–Kier alpha value is -1.48. The van der Waals surface area contributed by atoms with Crippen molar-refractivity contribution in [3.63, 3.8) is 0 Å². The van der Waals surface area contributed by atoms with E-state index in [0.29, 0.717) is 0 Å². The fraction of sp³-hybridized carbons (Fsp3) is 0.636. The van der Waals surface area contributed by atoms with E-state index in [9.17, 15) is 19.8 Å². The fourth-order valence-corrected chi connectivity index (χ4v) is 2.31. The van der Waals surface area contributed by atoms with Crippen LogP contribution in [0.1, 0.15) is 13.8 Å². The number of nitrogens with one attached hydrogen (secondary N) is 1. The van der Waals surface area contributed by atoms with E-state index in [0.717, 1.165) is 10.6 Å². The molecule has 2 rings (SSSR count). The highest BCUT2D eigenvalue weighted by molar-refractivity contribution is 5.07. The van der Waals surface area contributed by atoms with Crippen LogP contribution in [0.25, 0.3) is 0 Å². The summed E-state index contributed by atoms with van der Waals surface area (Å²) in [5, 5.41) is 29.4. The molecule has 19 heavy (non-hydrogen) atoms. The molecular formula is C11H16N2O6. The smallest absolute Gasteiger partial charge is 0.330 e. The molecule has 1 aliphatic heterocycles. The van der Waals surface area contributed by atoms with E-state index in [2.05, 4.69) is 0 Å².